The summed E-state index contributed by atoms with van der Waals surface area (Å²) in [6.45, 7) is -0.0513. The number of anilines is 1. The molecular weight excluding hydrogens is 600 g/mol. The van der Waals surface area contributed by atoms with E-state index in [9.17, 15) is 42.7 Å². The number of aliphatic hydroxyl groups excluding tert-OH is 5. The van der Waals surface area contributed by atoms with Crippen molar-refractivity contribution in [2.75, 3.05) is 23.8 Å². The van der Waals surface area contributed by atoms with Crippen LogP contribution >= 0.6 is 0 Å². The lowest BCUT2D eigenvalue weighted by Crippen LogP contribution is -2.60. The largest absolute Gasteiger partial charge is 0.394 e. The smallest absolute Gasteiger partial charge is 0.311 e. The number of hydrogen-bond donors (Lipinski definition) is 5. The molecule has 0 radical (unpaired) electrons. The topological polar surface area (TPSA) is 157 Å². The fourth-order valence-corrected chi connectivity index (χ4v) is 6.98. The van der Waals surface area contributed by atoms with Crippen LogP contribution in [-0.2, 0) is 14.9 Å². The molecule has 2 aliphatic heterocycles. The van der Waals surface area contributed by atoms with Crippen molar-refractivity contribution in [3.8, 4) is 5.75 Å². The molecular formula is C31H35F2NO9S. The second-order valence-electron chi connectivity index (χ2n) is 11.2. The van der Waals surface area contributed by atoms with Gasteiger partial charge < -0.3 is 39.4 Å². The van der Waals surface area contributed by atoms with E-state index >= 15 is 0 Å². The number of rotatable bonds is 11. The van der Waals surface area contributed by atoms with Crippen molar-refractivity contribution in [1.29, 1.82) is 0 Å². The van der Waals surface area contributed by atoms with Crippen LogP contribution in [-0.4, -0.2) is 83.4 Å². The lowest BCUT2D eigenvalue weighted by molar-refractivity contribution is -0.223. The number of halogens is 2. The third-order valence-electron chi connectivity index (χ3n) is 8.24. The Kier molecular flexibility index (Phi) is 9.85. The second kappa shape index (κ2) is 13.4. The number of hydrogen-bond acceptors (Lipinski definition) is 10. The molecule has 2 saturated heterocycles. The zero-order chi connectivity index (χ0) is 31.6. The molecule has 0 amide bonds. The van der Waals surface area contributed by atoms with Crippen LogP contribution in [0.4, 0.5) is 14.5 Å². The van der Waals surface area contributed by atoms with Gasteiger partial charge in [-0.3, -0.25) is 0 Å². The normalized spacial score (nSPS) is 27.9. The van der Waals surface area contributed by atoms with Crippen LogP contribution in [0.2, 0.25) is 0 Å². The van der Waals surface area contributed by atoms with E-state index < -0.39 is 59.1 Å². The van der Waals surface area contributed by atoms with Gasteiger partial charge in [-0.1, -0.05) is 24.3 Å². The maximum atomic E-state index is 13.6. The SMILES string of the molecule is O=S(=O)(CC1OC(CO)C(O)C(O)C1O)Oc1ccc([C@@H]2[C@@H](CCC(O)c3ccc(F)cc3)CN2c2ccc(F)cc2)cc1. The summed E-state index contributed by atoms with van der Waals surface area (Å²) in [4.78, 5) is 2.08. The van der Waals surface area contributed by atoms with E-state index in [-0.39, 0.29) is 29.3 Å². The molecule has 2 fully saturated rings. The van der Waals surface area contributed by atoms with Crippen molar-refractivity contribution < 1.29 is 51.7 Å². The van der Waals surface area contributed by atoms with Crippen molar-refractivity contribution in [2.45, 2.75) is 55.5 Å². The maximum absolute atomic E-state index is 13.6. The first-order valence-corrected chi connectivity index (χ1v) is 15.8. The maximum Gasteiger partial charge on any atom is 0.311 e. The van der Waals surface area contributed by atoms with E-state index in [0.29, 0.717) is 24.9 Å². The summed E-state index contributed by atoms with van der Waals surface area (Å²) in [5.74, 6) is -1.50. The molecule has 238 valence electrons. The third kappa shape index (κ3) is 7.20. The van der Waals surface area contributed by atoms with Crippen LogP contribution in [0.1, 0.15) is 36.1 Å². The minimum absolute atomic E-state index is 0.00530. The van der Waals surface area contributed by atoms with Crippen molar-refractivity contribution >= 4 is 15.8 Å². The molecule has 0 bridgehead atoms. The van der Waals surface area contributed by atoms with E-state index in [0.717, 1.165) is 11.3 Å². The highest BCUT2D eigenvalue weighted by Gasteiger charge is 2.45. The summed E-state index contributed by atoms with van der Waals surface area (Å²) in [5, 5.41) is 50.1. The lowest BCUT2D eigenvalue weighted by Gasteiger charge is -2.50. The van der Waals surface area contributed by atoms with Gasteiger partial charge in [0.15, 0.2) is 0 Å². The molecule has 2 aliphatic rings. The van der Waals surface area contributed by atoms with Crippen LogP contribution < -0.4 is 9.08 Å². The van der Waals surface area contributed by atoms with Crippen molar-refractivity contribution in [3.63, 3.8) is 0 Å². The molecule has 0 aliphatic carbocycles. The third-order valence-corrected chi connectivity index (χ3v) is 9.43. The minimum Gasteiger partial charge on any atom is -0.394 e. The molecule has 8 atom stereocenters. The molecule has 10 nitrogen and oxygen atoms in total. The number of ether oxygens (including phenoxy) is 1. The Morgan fingerprint density at radius 2 is 1.45 bits per heavy atom. The molecule has 3 aromatic rings. The Bertz CT molecular complexity index is 1490. The Hall–Kier alpha value is -3.17. The molecule has 44 heavy (non-hydrogen) atoms. The summed E-state index contributed by atoms with van der Waals surface area (Å²) >= 11 is 0. The standard InChI is InChI=1S/C31H35F2NO9S/c32-21-6-1-18(2-7-21)25(36)14-5-20-15-34(23-10-8-22(33)9-11-23)28(20)19-3-12-24(13-4-19)43-44(40,41)17-27-30(38)31(39)29(37)26(16-35)42-27/h1-4,6-13,20,25-31,35-39H,5,14-17H2/t20-,25?,26?,27?,28+,29?,30?,31?/m0/s1. The van der Waals surface area contributed by atoms with E-state index in [2.05, 4.69) is 4.90 Å². The minimum atomic E-state index is -4.34. The average molecular weight is 636 g/mol. The molecule has 0 aromatic heterocycles. The summed E-state index contributed by atoms with van der Waals surface area (Å²) in [6.07, 6.45) is -7.45. The summed E-state index contributed by atoms with van der Waals surface area (Å²) in [6, 6.07) is 18.0. The molecule has 5 rings (SSSR count). The van der Waals surface area contributed by atoms with Gasteiger partial charge in [-0.2, -0.15) is 8.42 Å². The summed E-state index contributed by atoms with van der Waals surface area (Å²) < 4.78 is 63.0. The highest BCUT2D eigenvalue weighted by Crippen LogP contribution is 2.45. The van der Waals surface area contributed by atoms with Crippen LogP contribution in [0.25, 0.3) is 0 Å². The monoisotopic (exact) mass is 635 g/mol. The van der Waals surface area contributed by atoms with Gasteiger partial charge >= 0.3 is 10.1 Å². The zero-order valence-electron chi connectivity index (χ0n) is 23.6. The van der Waals surface area contributed by atoms with Gasteiger partial charge in [-0.05, 0) is 72.5 Å². The Labute approximate surface area is 253 Å². The van der Waals surface area contributed by atoms with Gasteiger partial charge in [-0.15, -0.1) is 0 Å². The highest BCUT2D eigenvalue weighted by molar-refractivity contribution is 7.87. The zero-order valence-corrected chi connectivity index (χ0v) is 24.4. The van der Waals surface area contributed by atoms with E-state index in [4.69, 9.17) is 8.92 Å². The van der Waals surface area contributed by atoms with Crippen LogP contribution in [0.5, 0.6) is 5.75 Å². The van der Waals surface area contributed by atoms with Crippen LogP contribution in [0, 0.1) is 17.6 Å². The fraction of sp³-hybridized carbons (Fsp3) is 0.419. The van der Waals surface area contributed by atoms with Gasteiger partial charge in [0.2, 0.25) is 0 Å². The molecule has 2 heterocycles. The van der Waals surface area contributed by atoms with Crippen molar-refractivity contribution in [3.05, 3.63) is 95.6 Å². The lowest BCUT2D eigenvalue weighted by atomic mass is 9.79. The summed E-state index contributed by atoms with van der Waals surface area (Å²) in [5.41, 5.74) is 2.25. The molecule has 3 aromatic carbocycles. The highest BCUT2D eigenvalue weighted by atomic mass is 32.2. The first-order valence-electron chi connectivity index (χ1n) is 14.2. The van der Waals surface area contributed by atoms with E-state index in [1.165, 1.54) is 36.4 Å². The second-order valence-corrected chi connectivity index (χ2v) is 12.8. The van der Waals surface area contributed by atoms with Gasteiger partial charge in [-0.25, -0.2) is 8.78 Å². The Morgan fingerprint density at radius 3 is 2.07 bits per heavy atom. The Morgan fingerprint density at radius 1 is 0.864 bits per heavy atom. The first kappa shape index (κ1) is 32.2. The number of aliphatic hydroxyl groups is 5. The number of benzene rings is 3. The van der Waals surface area contributed by atoms with Crippen LogP contribution in [0.15, 0.2) is 72.8 Å². The van der Waals surface area contributed by atoms with Crippen LogP contribution in [0.3, 0.4) is 0 Å². The van der Waals surface area contributed by atoms with E-state index in [1.807, 2.05) is 0 Å². The fourth-order valence-electron chi connectivity index (χ4n) is 5.82. The van der Waals surface area contributed by atoms with Gasteiger partial charge in [0.25, 0.3) is 0 Å². The first-order chi connectivity index (χ1) is 21.0. The van der Waals surface area contributed by atoms with Crippen molar-refractivity contribution in [1.82, 2.24) is 0 Å². The molecule has 5 N–H and O–H groups in total. The Balaban J connectivity index is 1.27. The average Bonchev–Trinajstić information content (AvgIpc) is 2.98. The van der Waals surface area contributed by atoms with Gasteiger partial charge in [0.1, 0.15) is 53.7 Å². The molecule has 13 heteroatoms. The predicted molar refractivity (Wildman–Crippen MR) is 155 cm³/mol. The van der Waals surface area contributed by atoms with Crippen molar-refractivity contribution in [2.24, 2.45) is 5.92 Å². The van der Waals surface area contributed by atoms with Gasteiger partial charge in [0, 0.05) is 18.2 Å². The predicted octanol–water partition coefficient (Wildman–Crippen LogP) is 2.21. The van der Waals surface area contributed by atoms with E-state index in [1.54, 1.807) is 36.4 Å². The van der Waals surface area contributed by atoms with Gasteiger partial charge in [0.05, 0.1) is 18.8 Å². The molecule has 0 spiro atoms. The molecule has 0 saturated carbocycles. The molecule has 6 unspecified atom stereocenters. The number of nitrogens with zero attached hydrogens (tertiary/aromatic N) is 1. The summed E-state index contributed by atoms with van der Waals surface area (Å²) in [7, 11) is -4.34. The quantitative estimate of drug-likeness (QED) is 0.198.